The van der Waals surface area contributed by atoms with Gasteiger partial charge in [-0.1, -0.05) is 0 Å². The number of aryl methyl sites for hydroxylation is 1. The average molecular weight is 408 g/mol. The lowest BCUT2D eigenvalue weighted by Crippen LogP contribution is -2.37. The molecule has 156 valence electrons. The van der Waals surface area contributed by atoms with Crippen LogP contribution in [0.3, 0.4) is 0 Å². The first-order chi connectivity index (χ1) is 14.5. The summed E-state index contributed by atoms with van der Waals surface area (Å²) in [5.74, 6) is 5.55. The zero-order chi connectivity index (χ0) is 21.5. The summed E-state index contributed by atoms with van der Waals surface area (Å²) in [4.78, 5) is 33.2. The molecular formula is C20H24N8O2. The van der Waals surface area contributed by atoms with Gasteiger partial charge >= 0.3 is 0 Å². The van der Waals surface area contributed by atoms with Crippen LogP contribution >= 0.6 is 0 Å². The van der Waals surface area contributed by atoms with Crippen molar-refractivity contribution in [1.29, 1.82) is 0 Å². The van der Waals surface area contributed by atoms with Crippen molar-refractivity contribution in [3.8, 4) is 0 Å². The van der Waals surface area contributed by atoms with Crippen molar-refractivity contribution in [2.45, 2.75) is 25.8 Å². The molecule has 10 heteroatoms. The van der Waals surface area contributed by atoms with Crippen LogP contribution in [0.2, 0.25) is 0 Å². The maximum atomic E-state index is 12.6. The van der Waals surface area contributed by atoms with Crippen LogP contribution < -0.4 is 16.5 Å². The number of aromatic nitrogens is 3. The number of hydrogen-bond donors (Lipinski definition) is 3. The highest BCUT2D eigenvalue weighted by Crippen LogP contribution is 2.19. The highest BCUT2D eigenvalue weighted by molar-refractivity contribution is 6.69. The number of carbonyl (C=O) groups is 2. The largest absolute Gasteiger partial charge is 0.352 e. The number of nitrogens with zero attached hydrogens (tertiary/aromatic N) is 5. The molecule has 1 aliphatic rings. The molecule has 30 heavy (non-hydrogen) atoms. The van der Waals surface area contributed by atoms with Gasteiger partial charge in [-0.3, -0.25) is 9.59 Å². The molecule has 1 aromatic carbocycles. The Morgan fingerprint density at radius 1 is 1.30 bits per heavy atom. The molecule has 0 radical (unpaired) electrons. The Morgan fingerprint density at radius 3 is 2.60 bits per heavy atom. The van der Waals surface area contributed by atoms with Crippen LogP contribution in [0.15, 0.2) is 46.8 Å². The molecule has 1 aliphatic carbocycles. The number of aliphatic imine (C=N–C) groups is 1. The Morgan fingerprint density at radius 2 is 2.03 bits per heavy atom. The fourth-order valence-corrected chi connectivity index (χ4v) is 2.59. The summed E-state index contributed by atoms with van der Waals surface area (Å²) in [6.45, 7) is 2.40. The normalized spacial score (nSPS) is 14.7. The zero-order valence-corrected chi connectivity index (χ0v) is 16.9. The van der Waals surface area contributed by atoms with Crippen molar-refractivity contribution in [3.63, 3.8) is 0 Å². The lowest BCUT2D eigenvalue weighted by molar-refractivity contribution is -0.114. The Balaban J connectivity index is 1.91. The molecule has 0 unspecified atom stereocenters. The third kappa shape index (κ3) is 5.37. The first kappa shape index (κ1) is 20.9. The van der Waals surface area contributed by atoms with Gasteiger partial charge in [0.15, 0.2) is 11.5 Å². The number of rotatable bonds is 8. The van der Waals surface area contributed by atoms with Gasteiger partial charge in [0, 0.05) is 25.2 Å². The van der Waals surface area contributed by atoms with E-state index in [-0.39, 0.29) is 29.3 Å². The molecule has 2 aromatic rings. The van der Waals surface area contributed by atoms with Crippen LogP contribution in [-0.2, 0) is 11.8 Å². The van der Waals surface area contributed by atoms with Gasteiger partial charge in [-0.15, -0.1) is 0 Å². The van der Waals surface area contributed by atoms with E-state index in [0.717, 1.165) is 12.8 Å². The van der Waals surface area contributed by atoms with Crippen LogP contribution in [0.25, 0.3) is 6.08 Å². The Kier molecular flexibility index (Phi) is 6.68. The maximum Gasteiger partial charge on any atom is 0.274 e. The van der Waals surface area contributed by atoms with E-state index in [0.29, 0.717) is 23.6 Å². The number of nitrogens with one attached hydrogen (secondary N) is 2. The van der Waals surface area contributed by atoms with Gasteiger partial charge in [-0.25, -0.2) is 14.7 Å². The van der Waals surface area contributed by atoms with Crippen molar-refractivity contribution in [2.24, 2.45) is 23.0 Å². The summed E-state index contributed by atoms with van der Waals surface area (Å²) in [5.41, 5.74) is 1.34. The second kappa shape index (κ2) is 9.59. The monoisotopic (exact) mass is 408 g/mol. The highest BCUT2D eigenvalue weighted by Gasteiger charge is 2.27. The standard InChI is InChI=1S/C20H24N8O2/c1-3-22-19(29)13-4-6-14(7-5-13)25-16(10-11-17-23-12-24-28(17)2)18(27-21)20(30)26-15-8-9-15/h4-7,10-12,15H,3,8-9,21H2,1-2H3,(H,22,29)(H,26,30)/b11-10+,25-16?,27-18?. The molecule has 0 atom stereocenters. The third-order valence-electron chi connectivity index (χ3n) is 4.35. The van der Waals surface area contributed by atoms with Crippen molar-refractivity contribution in [2.75, 3.05) is 6.54 Å². The van der Waals surface area contributed by atoms with E-state index < -0.39 is 0 Å². The minimum atomic E-state index is -0.389. The summed E-state index contributed by atoms with van der Waals surface area (Å²) in [6, 6.07) is 6.85. The molecule has 4 N–H and O–H groups in total. The summed E-state index contributed by atoms with van der Waals surface area (Å²) >= 11 is 0. The van der Waals surface area contributed by atoms with Crippen molar-refractivity contribution < 1.29 is 9.59 Å². The average Bonchev–Trinajstić information content (AvgIpc) is 3.45. The number of hydrazone groups is 1. The van der Waals surface area contributed by atoms with E-state index in [1.807, 2.05) is 6.92 Å². The van der Waals surface area contributed by atoms with E-state index in [2.05, 4.69) is 30.8 Å². The van der Waals surface area contributed by atoms with Crippen LogP contribution in [0.4, 0.5) is 5.69 Å². The molecule has 3 rings (SSSR count). The summed E-state index contributed by atoms with van der Waals surface area (Å²) in [6.07, 6.45) is 6.58. The quantitative estimate of drug-likeness (QED) is 0.339. The second-order valence-electron chi connectivity index (χ2n) is 6.70. The molecule has 0 spiro atoms. The van der Waals surface area contributed by atoms with Gasteiger partial charge < -0.3 is 16.5 Å². The van der Waals surface area contributed by atoms with Gasteiger partial charge in [0.05, 0.1) is 11.4 Å². The molecule has 0 bridgehead atoms. The lowest BCUT2D eigenvalue weighted by atomic mass is 10.1. The number of amides is 2. The molecule has 1 saturated carbocycles. The van der Waals surface area contributed by atoms with Crippen LogP contribution in [0, 0.1) is 0 Å². The van der Waals surface area contributed by atoms with E-state index in [1.54, 1.807) is 48.1 Å². The maximum absolute atomic E-state index is 12.6. The fourth-order valence-electron chi connectivity index (χ4n) is 2.59. The fraction of sp³-hybridized carbons (Fsp3) is 0.300. The van der Waals surface area contributed by atoms with E-state index in [9.17, 15) is 9.59 Å². The van der Waals surface area contributed by atoms with Crippen LogP contribution in [-0.4, -0.2) is 50.6 Å². The van der Waals surface area contributed by atoms with Gasteiger partial charge in [-0.05, 0) is 56.2 Å². The number of allylic oxidation sites excluding steroid dienone is 1. The SMILES string of the molecule is CCNC(=O)c1ccc(N=C(/C=C/c2ncnn2C)C(=NN)C(=O)NC2CC2)cc1. The van der Waals surface area contributed by atoms with Crippen LogP contribution in [0.1, 0.15) is 35.9 Å². The Bertz CT molecular complexity index is 1000. The molecule has 2 amide bonds. The van der Waals surface area contributed by atoms with Gasteiger partial charge in [0.2, 0.25) is 0 Å². The molecular weight excluding hydrogens is 384 g/mol. The number of benzene rings is 1. The first-order valence-electron chi connectivity index (χ1n) is 9.60. The predicted molar refractivity (Wildman–Crippen MR) is 114 cm³/mol. The second-order valence-corrected chi connectivity index (χ2v) is 6.70. The highest BCUT2D eigenvalue weighted by atomic mass is 16.2. The summed E-state index contributed by atoms with van der Waals surface area (Å²) in [5, 5.41) is 13.3. The Hall–Kier alpha value is -3.82. The predicted octanol–water partition coefficient (Wildman–Crippen LogP) is 0.944. The lowest BCUT2D eigenvalue weighted by Gasteiger charge is -2.07. The smallest absolute Gasteiger partial charge is 0.274 e. The number of carbonyl (C=O) groups excluding carboxylic acids is 2. The third-order valence-corrected chi connectivity index (χ3v) is 4.35. The summed E-state index contributed by atoms with van der Waals surface area (Å²) < 4.78 is 1.58. The van der Waals surface area contributed by atoms with Crippen molar-refractivity contribution >= 4 is 35.0 Å². The van der Waals surface area contributed by atoms with Crippen LogP contribution in [0.5, 0.6) is 0 Å². The van der Waals surface area contributed by atoms with Gasteiger partial charge in [0.1, 0.15) is 6.33 Å². The topological polar surface area (TPSA) is 140 Å². The Labute approximate surface area is 174 Å². The van der Waals surface area contributed by atoms with E-state index >= 15 is 0 Å². The van der Waals surface area contributed by atoms with E-state index in [1.165, 1.54) is 6.33 Å². The first-order valence-corrected chi connectivity index (χ1v) is 9.60. The van der Waals surface area contributed by atoms with Gasteiger partial charge in [0.25, 0.3) is 11.8 Å². The molecule has 1 fully saturated rings. The van der Waals surface area contributed by atoms with Crippen molar-refractivity contribution in [1.82, 2.24) is 25.4 Å². The zero-order valence-electron chi connectivity index (χ0n) is 16.9. The van der Waals surface area contributed by atoms with Crippen molar-refractivity contribution in [3.05, 3.63) is 48.1 Å². The minimum Gasteiger partial charge on any atom is -0.352 e. The molecule has 1 aromatic heterocycles. The summed E-state index contributed by atoms with van der Waals surface area (Å²) in [7, 11) is 1.75. The van der Waals surface area contributed by atoms with Gasteiger partial charge in [-0.2, -0.15) is 10.2 Å². The number of nitrogens with two attached hydrogens (primary N) is 1. The molecule has 0 saturated heterocycles. The minimum absolute atomic E-state index is 0.00752. The van der Waals surface area contributed by atoms with E-state index in [4.69, 9.17) is 5.84 Å². The molecule has 10 nitrogen and oxygen atoms in total. The molecule has 0 aliphatic heterocycles. The number of hydrogen-bond acceptors (Lipinski definition) is 7. The molecule has 1 heterocycles.